The molecule has 7 nitrogen and oxygen atoms in total. The van der Waals surface area contributed by atoms with Gasteiger partial charge in [0.25, 0.3) is 5.91 Å². The second-order valence-corrected chi connectivity index (χ2v) is 7.15. The molecule has 0 aliphatic heterocycles. The second-order valence-electron chi connectivity index (χ2n) is 7.15. The summed E-state index contributed by atoms with van der Waals surface area (Å²) in [5.74, 6) is -0.330. The van der Waals surface area contributed by atoms with Gasteiger partial charge in [-0.1, -0.05) is 12.1 Å². The SMILES string of the molecule is CCOc1nc(C(=O)N(C)[C@@H](C)c2cncc3cn[nH]c23)ccc1-c1cccc(F)c1. The van der Waals surface area contributed by atoms with E-state index in [1.807, 2.05) is 13.8 Å². The van der Waals surface area contributed by atoms with E-state index < -0.39 is 0 Å². The number of fused-ring (bicyclic) bond motifs is 1. The van der Waals surface area contributed by atoms with Gasteiger partial charge in [-0.25, -0.2) is 9.37 Å². The number of pyridine rings is 2. The van der Waals surface area contributed by atoms with Gasteiger partial charge in [0.05, 0.1) is 24.4 Å². The molecule has 0 aliphatic carbocycles. The Morgan fingerprint density at radius 1 is 1.23 bits per heavy atom. The number of hydrogen-bond donors (Lipinski definition) is 1. The summed E-state index contributed by atoms with van der Waals surface area (Å²) in [6.07, 6.45) is 5.14. The van der Waals surface area contributed by atoms with Crippen LogP contribution in [-0.2, 0) is 0 Å². The zero-order valence-electron chi connectivity index (χ0n) is 17.5. The first-order valence-corrected chi connectivity index (χ1v) is 9.93. The van der Waals surface area contributed by atoms with Crippen molar-refractivity contribution in [3.05, 3.63) is 72.1 Å². The van der Waals surface area contributed by atoms with Crippen LogP contribution in [0.3, 0.4) is 0 Å². The highest BCUT2D eigenvalue weighted by Crippen LogP contribution is 2.31. The number of aromatic nitrogens is 4. The number of H-pyrrole nitrogens is 1. The van der Waals surface area contributed by atoms with Gasteiger partial charge >= 0.3 is 0 Å². The number of ether oxygens (including phenoxy) is 1. The normalized spacial score (nSPS) is 12.0. The van der Waals surface area contributed by atoms with Crippen LogP contribution in [0, 0.1) is 5.82 Å². The highest BCUT2D eigenvalue weighted by molar-refractivity contribution is 5.93. The molecule has 0 fully saturated rings. The summed E-state index contributed by atoms with van der Waals surface area (Å²) in [6, 6.07) is 9.27. The molecule has 8 heteroatoms. The molecule has 4 aromatic rings. The standard InChI is InChI=1S/C23H22FN5O2/c1-4-31-22-18(15-6-5-7-17(24)10-15)8-9-20(27-22)23(30)29(3)14(2)19-13-25-11-16-12-26-28-21(16)19/h5-14H,4H2,1-3H3,(H,26,28)/t14-/m0/s1. The lowest BCUT2D eigenvalue weighted by Crippen LogP contribution is -2.30. The summed E-state index contributed by atoms with van der Waals surface area (Å²) in [4.78, 5) is 23.5. The predicted octanol–water partition coefficient (Wildman–Crippen LogP) is 4.39. The molecule has 0 bridgehead atoms. The van der Waals surface area contributed by atoms with E-state index in [1.54, 1.807) is 54.8 Å². The molecule has 1 amide bonds. The van der Waals surface area contributed by atoms with Crippen molar-refractivity contribution in [1.29, 1.82) is 0 Å². The number of benzene rings is 1. The van der Waals surface area contributed by atoms with E-state index >= 15 is 0 Å². The number of nitrogens with zero attached hydrogens (tertiary/aromatic N) is 4. The summed E-state index contributed by atoms with van der Waals surface area (Å²) in [5, 5.41) is 7.90. The fourth-order valence-corrected chi connectivity index (χ4v) is 3.45. The molecule has 4 rings (SSSR count). The quantitative estimate of drug-likeness (QED) is 0.501. The van der Waals surface area contributed by atoms with Gasteiger partial charge < -0.3 is 9.64 Å². The van der Waals surface area contributed by atoms with Gasteiger partial charge in [-0.05, 0) is 43.7 Å². The lowest BCUT2D eigenvalue weighted by Gasteiger charge is -2.25. The third kappa shape index (κ3) is 3.96. The fourth-order valence-electron chi connectivity index (χ4n) is 3.45. The molecular formula is C23H22FN5O2. The van der Waals surface area contributed by atoms with Crippen molar-refractivity contribution in [2.75, 3.05) is 13.7 Å². The monoisotopic (exact) mass is 419 g/mol. The van der Waals surface area contributed by atoms with Gasteiger partial charge in [-0.3, -0.25) is 14.9 Å². The van der Waals surface area contributed by atoms with E-state index in [2.05, 4.69) is 20.2 Å². The molecule has 0 saturated carbocycles. The molecule has 0 radical (unpaired) electrons. The van der Waals surface area contributed by atoms with Crippen molar-refractivity contribution >= 4 is 16.8 Å². The third-order valence-corrected chi connectivity index (χ3v) is 5.23. The Bertz CT molecular complexity index is 1240. The summed E-state index contributed by atoms with van der Waals surface area (Å²) in [7, 11) is 1.71. The van der Waals surface area contributed by atoms with Gasteiger partial charge in [0, 0.05) is 36.0 Å². The highest BCUT2D eigenvalue weighted by atomic mass is 19.1. The number of rotatable bonds is 6. The summed E-state index contributed by atoms with van der Waals surface area (Å²) in [5.41, 5.74) is 3.19. The molecule has 3 heterocycles. The molecule has 31 heavy (non-hydrogen) atoms. The van der Waals surface area contributed by atoms with E-state index in [1.165, 1.54) is 12.1 Å². The van der Waals surface area contributed by atoms with Crippen molar-refractivity contribution in [1.82, 2.24) is 25.1 Å². The van der Waals surface area contributed by atoms with Gasteiger partial charge in [-0.15, -0.1) is 0 Å². The first kappa shape index (κ1) is 20.5. The molecule has 0 unspecified atom stereocenters. The third-order valence-electron chi connectivity index (χ3n) is 5.23. The summed E-state index contributed by atoms with van der Waals surface area (Å²) in [6.45, 7) is 4.12. The largest absolute Gasteiger partial charge is 0.478 e. The molecule has 1 aromatic carbocycles. The Kier molecular flexibility index (Phi) is 5.62. The number of carbonyl (C=O) groups excluding carboxylic acids is 1. The fraction of sp³-hybridized carbons (Fsp3) is 0.217. The van der Waals surface area contributed by atoms with Crippen molar-refractivity contribution in [2.24, 2.45) is 0 Å². The number of nitrogens with one attached hydrogen (secondary N) is 1. The molecule has 3 aromatic heterocycles. The molecule has 1 N–H and O–H groups in total. The van der Waals surface area contributed by atoms with E-state index in [4.69, 9.17) is 4.74 Å². The highest BCUT2D eigenvalue weighted by Gasteiger charge is 2.23. The Morgan fingerprint density at radius 3 is 2.84 bits per heavy atom. The molecule has 0 saturated heterocycles. The zero-order chi connectivity index (χ0) is 22.0. The number of hydrogen-bond acceptors (Lipinski definition) is 5. The minimum atomic E-state index is -0.352. The number of carbonyl (C=O) groups is 1. The van der Waals surface area contributed by atoms with Crippen LogP contribution in [0.15, 0.2) is 55.0 Å². The van der Waals surface area contributed by atoms with E-state index in [9.17, 15) is 9.18 Å². The van der Waals surface area contributed by atoms with Crippen molar-refractivity contribution in [3.63, 3.8) is 0 Å². The molecule has 158 valence electrons. The van der Waals surface area contributed by atoms with Gasteiger partial charge in [0.15, 0.2) is 0 Å². The van der Waals surface area contributed by atoms with E-state index in [-0.39, 0.29) is 29.3 Å². The van der Waals surface area contributed by atoms with Crippen LogP contribution in [-0.4, -0.2) is 44.6 Å². The van der Waals surface area contributed by atoms with Crippen LogP contribution >= 0.6 is 0 Å². The molecule has 0 aliphatic rings. The van der Waals surface area contributed by atoms with Crippen molar-refractivity contribution in [2.45, 2.75) is 19.9 Å². The van der Waals surface area contributed by atoms with Crippen molar-refractivity contribution < 1.29 is 13.9 Å². The number of aromatic amines is 1. The Balaban J connectivity index is 1.66. The van der Waals surface area contributed by atoms with Gasteiger partial charge in [-0.2, -0.15) is 5.10 Å². The van der Waals surface area contributed by atoms with Crippen LogP contribution < -0.4 is 4.74 Å². The maximum Gasteiger partial charge on any atom is 0.272 e. The van der Waals surface area contributed by atoms with Crippen LogP contribution in [0.4, 0.5) is 4.39 Å². The van der Waals surface area contributed by atoms with Crippen molar-refractivity contribution in [3.8, 4) is 17.0 Å². The van der Waals surface area contributed by atoms with Crippen LogP contribution in [0.1, 0.15) is 35.9 Å². The topological polar surface area (TPSA) is 84.0 Å². The van der Waals surface area contributed by atoms with Crippen LogP contribution in [0.2, 0.25) is 0 Å². The van der Waals surface area contributed by atoms with E-state index in [0.717, 1.165) is 16.5 Å². The van der Waals surface area contributed by atoms with Gasteiger partial charge in [0.2, 0.25) is 5.88 Å². The molecule has 1 atom stereocenters. The maximum atomic E-state index is 13.7. The van der Waals surface area contributed by atoms with Gasteiger partial charge in [0.1, 0.15) is 11.5 Å². The first-order chi connectivity index (χ1) is 15.0. The first-order valence-electron chi connectivity index (χ1n) is 9.93. The Hall–Kier alpha value is -3.81. The number of halogens is 1. The lowest BCUT2D eigenvalue weighted by atomic mass is 10.1. The number of amides is 1. The Morgan fingerprint density at radius 2 is 2.06 bits per heavy atom. The second kappa shape index (κ2) is 8.51. The average molecular weight is 419 g/mol. The van der Waals surface area contributed by atoms with Crippen LogP contribution in [0.5, 0.6) is 5.88 Å². The maximum absolute atomic E-state index is 13.7. The minimum Gasteiger partial charge on any atom is -0.478 e. The lowest BCUT2D eigenvalue weighted by molar-refractivity contribution is 0.0736. The molecule has 0 spiro atoms. The smallest absolute Gasteiger partial charge is 0.272 e. The van der Waals surface area contributed by atoms with Crippen LogP contribution in [0.25, 0.3) is 22.0 Å². The van der Waals surface area contributed by atoms with E-state index in [0.29, 0.717) is 17.7 Å². The summed E-state index contributed by atoms with van der Waals surface area (Å²) >= 11 is 0. The molecular weight excluding hydrogens is 397 g/mol. The Labute approximate surface area is 178 Å². The minimum absolute atomic E-state index is 0.239. The zero-order valence-corrected chi connectivity index (χ0v) is 17.5. The summed E-state index contributed by atoms with van der Waals surface area (Å²) < 4.78 is 19.4. The average Bonchev–Trinajstić information content (AvgIpc) is 3.27. The predicted molar refractivity (Wildman–Crippen MR) is 115 cm³/mol.